The Morgan fingerprint density at radius 3 is 3.15 bits per heavy atom. The number of amides is 1. The molecule has 4 heteroatoms. The van der Waals surface area contributed by atoms with Gasteiger partial charge in [0.2, 0.25) is 5.91 Å². The van der Waals surface area contributed by atoms with Gasteiger partial charge >= 0.3 is 0 Å². The fourth-order valence-corrected chi connectivity index (χ4v) is 5.23. The molecule has 3 heterocycles. The van der Waals surface area contributed by atoms with Crippen LogP contribution in [0.4, 0.5) is 0 Å². The zero-order chi connectivity index (χ0) is 13.5. The lowest BCUT2D eigenvalue weighted by molar-refractivity contribution is -0.124. The number of carbonyl (C=O) groups excluding carboxylic acids is 1. The van der Waals surface area contributed by atoms with Crippen LogP contribution in [0.5, 0.6) is 0 Å². The minimum Gasteiger partial charge on any atom is -0.354 e. The van der Waals surface area contributed by atoms with Crippen molar-refractivity contribution in [3.63, 3.8) is 0 Å². The molecule has 106 valence electrons. The van der Waals surface area contributed by atoms with Crippen molar-refractivity contribution in [1.29, 1.82) is 0 Å². The molecule has 1 aromatic rings. The second-order valence-electron chi connectivity index (χ2n) is 6.11. The number of thioether (sulfide) groups is 1. The molecule has 0 saturated carbocycles. The molecular weight excluding hydrogens is 268 g/mol. The monoisotopic (exact) mass is 288 g/mol. The van der Waals surface area contributed by atoms with Crippen LogP contribution in [0.3, 0.4) is 0 Å². The number of hydrogen-bond donors (Lipinski definition) is 1. The molecule has 3 aliphatic heterocycles. The molecule has 0 aromatic heterocycles. The summed E-state index contributed by atoms with van der Waals surface area (Å²) in [4.78, 5) is 15.8. The van der Waals surface area contributed by atoms with Crippen LogP contribution in [0.15, 0.2) is 29.2 Å². The van der Waals surface area contributed by atoms with Crippen LogP contribution >= 0.6 is 11.8 Å². The maximum atomic E-state index is 11.8. The number of fused-ring (bicyclic) bond motifs is 2. The second-order valence-corrected chi connectivity index (χ2v) is 7.45. The Labute approximate surface area is 124 Å². The summed E-state index contributed by atoms with van der Waals surface area (Å²) < 4.78 is 0. The van der Waals surface area contributed by atoms with Crippen molar-refractivity contribution < 1.29 is 4.79 Å². The molecule has 3 nitrogen and oxygen atoms in total. The Morgan fingerprint density at radius 1 is 1.35 bits per heavy atom. The van der Waals surface area contributed by atoms with E-state index in [2.05, 4.69) is 34.5 Å². The number of hydrogen-bond acceptors (Lipinski definition) is 3. The van der Waals surface area contributed by atoms with Gasteiger partial charge in [-0.25, -0.2) is 0 Å². The van der Waals surface area contributed by atoms with Crippen LogP contribution in [0.1, 0.15) is 18.4 Å². The van der Waals surface area contributed by atoms with Gasteiger partial charge in [0.15, 0.2) is 0 Å². The summed E-state index contributed by atoms with van der Waals surface area (Å²) in [5.41, 5.74) is 1.50. The summed E-state index contributed by atoms with van der Waals surface area (Å²) in [5.74, 6) is 0.527. The molecule has 3 atom stereocenters. The lowest BCUT2D eigenvalue weighted by Gasteiger charge is -2.37. The summed E-state index contributed by atoms with van der Waals surface area (Å²) in [6, 6.07) is 9.20. The van der Waals surface area contributed by atoms with Gasteiger partial charge in [-0.1, -0.05) is 18.2 Å². The first-order chi connectivity index (χ1) is 9.81. The fraction of sp³-hybridized carbons (Fsp3) is 0.562. The van der Waals surface area contributed by atoms with E-state index < -0.39 is 0 Å². The third-order valence-corrected chi connectivity index (χ3v) is 6.17. The third kappa shape index (κ3) is 2.15. The molecule has 20 heavy (non-hydrogen) atoms. The van der Waals surface area contributed by atoms with Crippen LogP contribution < -0.4 is 5.32 Å². The molecular formula is C16H20N2OS. The highest BCUT2D eigenvalue weighted by Gasteiger charge is 2.41. The standard InChI is InChI=1S/C16H20N2OS/c19-16-13-5-3-7-18(14(13)9-17-16)10-12-8-11-4-1-2-6-15(11)20-12/h1-2,4,6,12-14H,3,5,7-10H2,(H,17,19). The quantitative estimate of drug-likeness (QED) is 0.902. The van der Waals surface area contributed by atoms with E-state index in [0.717, 1.165) is 26.1 Å². The Balaban J connectivity index is 1.44. The van der Waals surface area contributed by atoms with Crippen molar-refractivity contribution in [3.05, 3.63) is 29.8 Å². The zero-order valence-electron chi connectivity index (χ0n) is 11.5. The van der Waals surface area contributed by atoms with Crippen molar-refractivity contribution in [2.24, 2.45) is 5.92 Å². The smallest absolute Gasteiger partial charge is 0.224 e. The van der Waals surface area contributed by atoms with Crippen molar-refractivity contribution in [2.45, 2.75) is 35.4 Å². The van der Waals surface area contributed by atoms with Gasteiger partial charge in [0.25, 0.3) is 0 Å². The lowest BCUT2D eigenvalue weighted by atomic mass is 9.91. The van der Waals surface area contributed by atoms with E-state index in [0.29, 0.717) is 11.3 Å². The third-order valence-electron chi connectivity index (χ3n) is 4.87. The van der Waals surface area contributed by atoms with Crippen molar-refractivity contribution in [2.75, 3.05) is 19.6 Å². The van der Waals surface area contributed by atoms with Gasteiger partial charge in [0.1, 0.15) is 0 Å². The SMILES string of the molecule is O=C1NCC2C1CCCN2CC1Cc2ccccc2S1. The van der Waals surface area contributed by atoms with E-state index in [-0.39, 0.29) is 11.8 Å². The molecule has 4 rings (SSSR count). The van der Waals surface area contributed by atoms with Crippen molar-refractivity contribution >= 4 is 17.7 Å². The summed E-state index contributed by atoms with van der Waals surface area (Å²) in [6.07, 6.45) is 3.42. The molecule has 0 radical (unpaired) electrons. The molecule has 3 aliphatic rings. The number of benzene rings is 1. The van der Waals surface area contributed by atoms with Gasteiger partial charge in [-0.15, -0.1) is 11.8 Å². The number of rotatable bonds is 2. The highest BCUT2D eigenvalue weighted by atomic mass is 32.2. The van der Waals surface area contributed by atoms with Crippen LogP contribution in [-0.4, -0.2) is 41.7 Å². The van der Waals surface area contributed by atoms with E-state index in [1.165, 1.54) is 23.3 Å². The van der Waals surface area contributed by atoms with Crippen molar-refractivity contribution in [3.8, 4) is 0 Å². The topological polar surface area (TPSA) is 32.3 Å². The summed E-state index contributed by atoms with van der Waals surface area (Å²) in [5, 5.41) is 3.70. The number of nitrogens with one attached hydrogen (secondary N) is 1. The number of piperidine rings is 1. The Kier molecular flexibility index (Phi) is 3.23. The van der Waals surface area contributed by atoms with E-state index in [4.69, 9.17) is 0 Å². The predicted molar refractivity (Wildman–Crippen MR) is 80.9 cm³/mol. The summed E-state index contributed by atoms with van der Waals surface area (Å²) >= 11 is 2.02. The molecule has 2 saturated heterocycles. The first kappa shape index (κ1) is 12.7. The first-order valence-corrected chi connectivity index (χ1v) is 8.45. The second kappa shape index (κ2) is 5.08. The van der Waals surface area contributed by atoms with Gasteiger partial charge in [0, 0.05) is 29.3 Å². The Morgan fingerprint density at radius 2 is 2.25 bits per heavy atom. The highest BCUT2D eigenvalue weighted by Crippen LogP contribution is 2.38. The molecule has 1 N–H and O–H groups in total. The van der Waals surface area contributed by atoms with Gasteiger partial charge in [-0.2, -0.15) is 0 Å². The van der Waals surface area contributed by atoms with Gasteiger partial charge in [0.05, 0.1) is 5.92 Å². The molecule has 2 fully saturated rings. The number of carbonyl (C=O) groups is 1. The number of nitrogens with zero attached hydrogens (tertiary/aromatic N) is 1. The van der Waals surface area contributed by atoms with E-state index in [1.54, 1.807) is 0 Å². The average Bonchev–Trinajstić information content (AvgIpc) is 3.03. The molecule has 0 aliphatic carbocycles. The van der Waals surface area contributed by atoms with Crippen LogP contribution in [0.2, 0.25) is 0 Å². The van der Waals surface area contributed by atoms with E-state index in [1.807, 2.05) is 11.8 Å². The zero-order valence-corrected chi connectivity index (χ0v) is 12.4. The number of likely N-dealkylation sites (tertiary alicyclic amines) is 1. The Hall–Kier alpha value is -1.00. The minimum atomic E-state index is 0.248. The lowest BCUT2D eigenvalue weighted by Crippen LogP contribution is -2.48. The van der Waals surface area contributed by atoms with E-state index in [9.17, 15) is 4.79 Å². The summed E-state index contributed by atoms with van der Waals surface area (Å²) in [6.45, 7) is 3.13. The van der Waals surface area contributed by atoms with Gasteiger partial charge < -0.3 is 5.32 Å². The molecule has 1 aromatic carbocycles. The Bertz CT molecular complexity index is 508. The fourth-order valence-electron chi connectivity index (χ4n) is 3.88. The molecule has 1 amide bonds. The van der Waals surface area contributed by atoms with Crippen molar-refractivity contribution in [1.82, 2.24) is 10.2 Å². The summed E-state index contributed by atoms with van der Waals surface area (Å²) in [7, 11) is 0. The normalized spacial score (nSPS) is 32.8. The van der Waals surface area contributed by atoms with E-state index >= 15 is 0 Å². The van der Waals surface area contributed by atoms with Crippen LogP contribution in [0, 0.1) is 5.92 Å². The average molecular weight is 288 g/mol. The van der Waals surface area contributed by atoms with Gasteiger partial charge in [-0.05, 0) is 37.4 Å². The molecule has 0 bridgehead atoms. The van der Waals surface area contributed by atoms with Crippen LogP contribution in [-0.2, 0) is 11.2 Å². The van der Waals surface area contributed by atoms with Gasteiger partial charge in [-0.3, -0.25) is 9.69 Å². The van der Waals surface area contributed by atoms with Crippen LogP contribution in [0.25, 0.3) is 0 Å². The maximum absolute atomic E-state index is 11.8. The minimum absolute atomic E-state index is 0.248. The maximum Gasteiger partial charge on any atom is 0.224 e. The molecule has 0 spiro atoms. The largest absolute Gasteiger partial charge is 0.354 e. The predicted octanol–water partition coefficient (Wildman–Crippen LogP) is 1.91. The molecule has 3 unspecified atom stereocenters. The first-order valence-electron chi connectivity index (χ1n) is 7.57. The highest BCUT2D eigenvalue weighted by molar-refractivity contribution is 8.00.